The number of aromatic nitrogens is 3. The molecular weight excluding hydrogens is 343 g/mol. The Morgan fingerprint density at radius 2 is 1.85 bits per heavy atom. The van der Waals surface area contributed by atoms with Gasteiger partial charge in [0.2, 0.25) is 0 Å². The van der Waals surface area contributed by atoms with Crippen LogP contribution in [0.5, 0.6) is 0 Å². The van der Waals surface area contributed by atoms with Crippen LogP contribution in [0.1, 0.15) is 21.6 Å². The molecule has 0 radical (unpaired) electrons. The first kappa shape index (κ1) is 16.9. The molecule has 0 aliphatic carbocycles. The average molecular weight is 360 g/mol. The van der Waals surface area contributed by atoms with Gasteiger partial charge in [-0.25, -0.2) is 14.1 Å². The van der Waals surface area contributed by atoms with Crippen LogP contribution in [0.2, 0.25) is 0 Å². The second kappa shape index (κ2) is 6.99. The van der Waals surface area contributed by atoms with Crippen molar-refractivity contribution in [1.82, 2.24) is 20.1 Å². The van der Waals surface area contributed by atoms with E-state index in [9.17, 15) is 9.18 Å². The molecule has 0 fully saturated rings. The van der Waals surface area contributed by atoms with E-state index in [0.717, 1.165) is 16.5 Å². The number of carbonyl (C=O) groups excluding carboxylic acids is 1. The Morgan fingerprint density at radius 3 is 2.67 bits per heavy atom. The number of pyridine rings is 1. The molecule has 4 rings (SSSR count). The molecular formula is C21H17FN4O. The number of carbonyl (C=O) groups is 1. The van der Waals surface area contributed by atoms with Crippen LogP contribution in [0.3, 0.4) is 0 Å². The molecule has 2 aromatic carbocycles. The number of rotatable bonds is 4. The first-order valence-corrected chi connectivity index (χ1v) is 8.55. The quantitative estimate of drug-likeness (QED) is 0.602. The first-order valence-electron chi connectivity index (χ1n) is 8.55. The number of hydrogen-bond acceptors (Lipinski definition) is 3. The SMILES string of the molecule is Cc1c(C(=O)NCc2ccc(F)cc2)cnn1-c1ccc2ccccc2n1. The zero-order chi connectivity index (χ0) is 18.8. The van der Waals surface area contributed by atoms with E-state index < -0.39 is 0 Å². The molecule has 0 bridgehead atoms. The summed E-state index contributed by atoms with van der Waals surface area (Å²) in [6.07, 6.45) is 1.53. The number of fused-ring (bicyclic) bond motifs is 1. The van der Waals surface area contributed by atoms with Gasteiger partial charge >= 0.3 is 0 Å². The Morgan fingerprint density at radius 1 is 1.07 bits per heavy atom. The molecule has 2 heterocycles. The molecule has 0 saturated heterocycles. The molecule has 0 unspecified atom stereocenters. The van der Waals surface area contributed by atoms with E-state index in [4.69, 9.17) is 0 Å². The number of benzene rings is 2. The van der Waals surface area contributed by atoms with Crippen molar-refractivity contribution in [1.29, 1.82) is 0 Å². The van der Waals surface area contributed by atoms with E-state index in [1.165, 1.54) is 18.3 Å². The molecule has 0 spiro atoms. The lowest BCUT2D eigenvalue weighted by Gasteiger charge is -2.07. The van der Waals surface area contributed by atoms with Crippen molar-refractivity contribution < 1.29 is 9.18 Å². The van der Waals surface area contributed by atoms with Gasteiger partial charge in [-0.3, -0.25) is 4.79 Å². The van der Waals surface area contributed by atoms with Crippen molar-refractivity contribution in [2.75, 3.05) is 0 Å². The summed E-state index contributed by atoms with van der Waals surface area (Å²) in [4.78, 5) is 17.1. The number of nitrogens with zero attached hydrogens (tertiary/aromatic N) is 3. The lowest BCUT2D eigenvalue weighted by atomic mass is 10.2. The van der Waals surface area contributed by atoms with Gasteiger partial charge in [0, 0.05) is 11.9 Å². The number of hydrogen-bond donors (Lipinski definition) is 1. The van der Waals surface area contributed by atoms with E-state index >= 15 is 0 Å². The largest absolute Gasteiger partial charge is 0.348 e. The molecule has 1 amide bonds. The van der Waals surface area contributed by atoms with E-state index in [-0.39, 0.29) is 11.7 Å². The van der Waals surface area contributed by atoms with Gasteiger partial charge in [0.1, 0.15) is 5.82 Å². The first-order chi connectivity index (χ1) is 13.1. The smallest absolute Gasteiger partial charge is 0.255 e. The summed E-state index contributed by atoms with van der Waals surface area (Å²) in [6.45, 7) is 2.15. The number of amides is 1. The highest BCUT2D eigenvalue weighted by atomic mass is 19.1. The number of para-hydroxylation sites is 1. The molecule has 4 aromatic rings. The maximum absolute atomic E-state index is 13.0. The third kappa shape index (κ3) is 3.42. The minimum Gasteiger partial charge on any atom is -0.348 e. The summed E-state index contributed by atoms with van der Waals surface area (Å²) >= 11 is 0. The van der Waals surface area contributed by atoms with E-state index in [2.05, 4.69) is 15.4 Å². The van der Waals surface area contributed by atoms with Crippen LogP contribution in [0.25, 0.3) is 16.7 Å². The number of halogens is 1. The fraction of sp³-hybridized carbons (Fsp3) is 0.0952. The highest BCUT2D eigenvalue weighted by Crippen LogP contribution is 2.17. The molecule has 0 aliphatic rings. The molecule has 5 nitrogen and oxygen atoms in total. The Balaban J connectivity index is 1.55. The van der Waals surface area contributed by atoms with Gasteiger partial charge < -0.3 is 5.32 Å². The van der Waals surface area contributed by atoms with Crippen LogP contribution in [0.4, 0.5) is 4.39 Å². The molecule has 1 N–H and O–H groups in total. The van der Waals surface area contributed by atoms with Crippen molar-refractivity contribution in [2.24, 2.45) is 0 Å². The summed E-state index contributed by atoms with van der Waals surface area (Å²) in [6, 6.07) is 17.7. The van der Waals surface area contributed by atoms with Crippen molar-refractivity contribution in [2.45, 2.75) is 13.5 Å². The normalized spacial score (nSPS) is 10.9. The zero-order valence-corrected chi connectivity index (χ0v) is 14.7. The van der Waals surface area contributed by atoms with E-state index in [0.29, 0.717) is 23.6 Å². The summed E-state index contributed by atoms with van der Waals surface area (Å²) in [7, 11) is 0. The lowest BCUT2D eigenvalue weighted by Crippen LogP contribution is -2.23. The van der Waals surface area contributed by atoms with Gasteiger partial charge in [0.15, 0.2) is 5.82 Å². The van der Waals surface area contributed by atoms with Gasteiger partial charge in [-0.2, -0.15) is 5.10 Å². The van der Waals surface area contributed by atoms with Crippen LogP contribution in [0.15, 0.2) is 66.9 Å². The Bertz CT molecular complexity index is 1120. The van der Waals surface area contributed by atoms with Gasteiger partial charge in [-0.05, 0) is 42.8 Å². The molecule has 6 heteroatoms. The maximum Gasteiger partial charge on any atom is 0.255 e. The summed E-state index contributed by atoms with van der Waals surface area (Å²) in [5.41, 5.74) is 2.87. The summed E-state index contributed by atoms with van der Waals surface area (Å²) in [5.74, 6) is 0.123. The highest BCUT2D eigenvalue weighted by Gasteiger charge is 2.15. The number of nitrogens with one attached hydrogen (secondary N) is 1. The second-order valence-electron chi connectivity index (χ2n) is 6.23. The van der Waals surface area contributed by atoms with Crippen LogP contribution in [-0.4, -0.2) is 20.7 Å². The van der Waals surface area contributed by atoms with E-state index in [1.807, 2.05) is 43.3 Å². The van der Waals surface area contributed by atoms with Crippen molar-refractivity contribution in [3.63, 3.8) is 0 Å². The molecule has 0 atom stereocenters. The summed E-state index contributed by atoms with van der Waals surface area (Å²) < 4.78 is 14.6. The molecule has 134 valence electrons. The standard InChI is InChI=1S/C21H17FN4O/c1-14-18(21(27)23-12-15-6-9-17(22)10-7-15)13-24-26(14)20-11-8-16-4-2-3-5-19(16)25-20/h2-11,13H,12H2,1H3,(H,23,27). The minimum absolute atomic E-state index is 0.233. The van der Waals surface area contributed by atoms with Crippen LogP contribution in [0, 0.1) is 12.7 Å². The van der Waals surface area contributed by atoms with Crippen molar-refractivity contribution in [3.8, 4) is 5.82 Å². The predicted octanol–water partition coefficient (Wildman–Crippen LogP) is 3.80. The molecule has 27 heavy (non-hydrogen) atoms. The minimum atomic E-state index is -0.301. The Hall–Kier alpha value is -3.54. The highest BCUT2D eigenvalue weighted by molar-refractivity contribution is 5.95. The topological polar surface area (TPSA) is 59.8 Å². The predicted molar refractivity (Wildman–Crippen MR) is 101 cm³/mol. The molecule has 0 aliphatic heterocycles. The molecule has 0 saturated carbocycles. The van der Waals surface area contributed by atoms with Crippen molar-refractivity contribution in [3.05, 3.63) is 89.5 Å². The van der Waals surface area contributed by atoms with Gasteiger partial charge in [-0.15, -0.1) is 0 Å². The van der Waals surface area contributed by atoms with Crippen LogP contribution in [-0.2, 0) is 6.54 Å². The second-order valence-corrected chi connectivity index (χ2v) is 6.23. The van der Waals surface area contributed by atoms with Crippen LogP contribution < -0.4 is 5.32 Å². The monoisotopic (exact) mass is 360 g/mol. The fourth-order valence-corrected chi connectivity index (χ4v) is 2.92. The summed E-state index contributed by atoms with van der Waals surface area (Å²) in [5, 5.41) is 8.20. The van der Waals surface area contributed by atoms with Gasteiger partial charge in [0.05, 0.1) is 23.0 Å². The Kier molecular flexibility index (Phi) is 4.38. The third-order valence-corrected chi connectivity index (χ3v) is 4.42. The molecule has 2 aromatic heterocycles. The zero-order valence-electron chi connectivity index (χ0n) is 14.7. The van der Waals surface area contributed by atoms with Crippen LogP contribution >= 0.6 is 0 Å². The third-order valence-electron chi connectivity index (χ3n) is 4.42. The van der Waals surface area contributed by atoms with Gasteiger partial charge in [-0.1, -0.05) is 30.3 Å². The lowest BCUT2D eigenvalue weighted by molar-refractivity contribution is 0.0950. The fourth-order valence-electron chi connectivity index (χ4n) is 2.92. The van der Waals surface area contributed by atoms with Gasteiger partial charge in [0.25, 0.3) is 5.91 Å². The Labute approximate surface area is 155 Å². The van der Waals surface area contributed by atoms with E-state index in [1.54, 1.807) is 16.8 Å². The van der Waals surface area contributed by atoms with Crippen molar-refractivity contribution >= 4 is 16.8 Å². The maximum atomic E-state index is 13.0. The average Bonchev–Trinajstić information content (AvgIpc) is 3.08.